The molecule has 1 heterocycles. The van der Waals surface area contributed by atoms with Crippen molar-refractivity contribution in [1.29, 1.82) is 0 Å². The second kappa shape index (κ2) is 8.28. The van der Waals surface area contributed by atoms with Crippen LogP contribution in [-0.4, -0.2) is 36.2 Å². The normalized spacial score (nSPS) is 11.4. The lowest BCUT2D eigenvalue weighted by molar-refractivity contribution is 0.0718. The van der Waals surface area contributed by atoms with Crippen LogP contribution in [0.4, 0.5) is 0 Å². The van der Waals surface area contributed by atoms with Gasteiger partial charge in [0, 0.05) is 18.9 Å². The SMILES string of the molecule is Cc1ccc(C(=O)Oc2c(C(=O)c3cc(C)c(S(C)(=O)=O)c(C)c3Cl)cnn2C)cc1. The minimum Gasteiger partial charge on any atom is -0.403 e. The van der Waals surface area contributed by atoms with Crippen LogP contribution >= 0.6 is 11.6 Å². The number of ether oxygens (including phenoxy) is 1. The Kier molecular flexibility index (Phi) is 6.07. The Balaban J connectivity index is 2.03. The zero-order valence-electron chi connectivity index (χ0n) is 17.7. The first-order valence-corrected chi connectivity index (χ1v) is 11.5. The third-order valence-electron chi connectivity index (χ3n) is 4.85. The molecule has 0 aliphatic heterocycles. The Morgan fingerprint density at radius 2 is 1.68 bits per heavy atom. The number of esters is 1. The van der Waals surface area contributed by atoms with Crippen molar-refractivity contribution in [2.24, 2.45) is 7.05 Å². The van der Waals surface area contributed by atoms with E-state index in [0.29, 0.717) is 11.1 Å². The van der Waals surface area contributed by atoms with Gasteiger partial charge in [0.15, 0.2) is 9.84 Å². The number of nitrogens with zero attached hydrogens (tertiary/aromatic N) is 2. The minimum absolute atomic E-state index is 0.0238. The maximum atomic E-state index is 13.3. The van der Waals surface area contributed by atoms with Crippen molar-refractivity contribution < 1.29 is 22.7 Å². The predicted octanol–water partition coefficient (Wildman–Crippen LogP) is 3.85. The molecule has 0 unspecified atom stereocenters. The molecule has 0 aliphatic carbocycles. The number of carbonyl (C=O) groups is 2. The summed E-state index contributed by atoms with van der Waals surface area (Å²) in [6.07, 6.45) is 2.37. The molecule has 1 aromatic heterocycles. The molecule has 0 bridgehead atoms. The van der Waals surface area contributed by atoms with Crippen molar-refractivity contribution >= 4 is 33.2 Å². The number of aromatic nitrogens is 2. The lowest BCUT2D eigenvalue weighted by Crippen LogP contribution is -2.14. The molecule has 7 nitrogen and oxygen atoms in total. The average molecular weight is 461 g/mol. The number of rotatable bonds is 5. The van der Waals surface area contributed by atoms with Crippen LogP contribution in [0.1, 0.15) is 43.0 Å². The summed E-state index contributed by atoms with van der Waals surface area (Å²) in [4.78, 5) is 25.9. The van der Waals surface area contributed by atoms with Crippen LogP contribution in [0.25, 0.3) is 0 Å². The highest BCUT2D eigenvalue weighted by Crippen LogP contribution is 2.33. The smallest absolute Gasteiger partial charge is 0.344 e. The molecule has 0 radical (unpaired) electrons. The molecular weight excluding hydrogens is 440 g/mol. The van der Waals surface area contributed by atoms with Gasteiger partial charge < -0.3 is 4.74 Å². The van der Waals surface area contributed by atoms with Crippen LogP contribution in [0.3, 0.4) is 0 Å². The summed E-state index contributed by atoms with van der Waals surface area (Å²) in [5.74, 6) is -1.20. The molecule has 0 fully saturated rings. The Morgan fingerprint density at radius 3 is 2.26 bits per heavy atom. The van der Waals surface area contributed by atoms with Gasteiger partial charge in [-0.1, -0.05) is 29.3 Å². The Morgan fingerprint density at radius 1 is 1.06 bits per heavy atom. The first-order chi connectivity index (χ1) is 14.4. The summed E-state index contributed by atoms with van der Waals surface area (Å²) in [5, 5.41) is 4.06. The van der Waals surface area contributed by atoms with Crippen molar-refractivity contribution in [2.75, 3.05) is 6.26 Å². The van der Waals surface area contributed by atoms with Crippen LogP contribution in [0.15, 0.2) is 41.4 Å². The number of aryl methyl sites for hydroxylation is 3. The van der Waals surface area contributed by atoms with Gasteiger partial charge in [-0.05, 0) is 50.1 Å². The molecule has 0 aliphatic rings. The fraction of sp³-hybridized carbons (Fsp3) is 0.227. The average Bonchev–Trinajstić information content (AvgIpc) is 3.04. The first-order valence-electron chi connectivity index (χ1n) is 9.27. The summed E-state index contributed by atoms with van der Waals surface area (Å²) >= 11 is 6.38. The predicted molar refractivity (Wildman–Crippen MR) is 117 cm³/mol. The Hall–Kier alpha value is -2.97. The Labute approximate surface area is 185 Å². The second-order valence-corrected chi connectivity index (χ2v) is 9.68. The molecule has 0 amide bonds. The maximum absolute atomic E-state index is 13.3. The van der Waals surface area contributed by atoms with Crippen LogP contribution in [0, 0.1) is 20.8 Å². The van der Waals surface area contributed by atoms with Crippen LogP contribution < -0.4 is 4.74 Å². The summed E-state index contributed by atoms with van der Waals surface area (Å²) in [6.45, 7) is 5.04. The van der Waals surface area contributed by atoms with Gasteiger partial charge in [-0.15, -0.1) is 0 Å². The highest BCUT2D eigenvalue weighted by atomic mass is 35.5. The van der Waals surface area contributed by atoms with Crippen molar-refractivity contribution in [3.63, 3.8) is 0 Å². The molecule has 0 N–H and O–H groups in total. The molecular formula is C22H21ClN2O5S. The molecule has 162 valence electrons. The van der Waals surface area contributed by atoms with Gasteiger partial charge in [-0.2, -0.15) is 5.10 Å². The fourth-order valence-electron chi connectivity index (χ4n) is 3.36. The van der Waals surface area contributed by atoms with Gasteiger partial charge >= 0.3 is 5.97 Å². The summed E-state index contributed by atoms with van der Waals surface area (Å²) in [7, 11) is -1.99. The topological polar surface area (TPSA) is 95.3 Å². The van der Waals surface area contributed by atoms with E-state index in [1.807, 2.05) is 6.92 Å². The monoisotopic (exact) mass is 460 g/mol. The van der Waals surface area contributed by atoms with E-state index in [9.17, 15) is 18.0 Å². The van der Waals surface area contributed by atoms with Gasteiger partial charge in [0.1, 0.15) is 5.56 Å². The molecule has 2 aromatic carbocycles. The molecule has 3 aromatic rings. The highest BCUT2D eigenvalue weighted by Gasteiger charge is 2.27. The summed E-state index contributed by atoms with van der Waals surface area (Å²) in [6, 6.07) is 8.24. The molecule has 0 spiro atoms. The third kappa shape index (κ3) is 4.40. The number of carbonyl (C=O) groups excluding carboxylic acids is 2. The van der Waals surface area contributed by atoms with Gasteiger partial charge in [0.2, 0.25) is 11.7 Å². The molecule has 0 saturated carbocycles. The van der Waals surface area contributed by atoms with E-state index in [1.54, 1.807) is 45.2 Å². The minimum atomic E-state index is -3.53. The van der Waals surface area contributed by atoms with Gasteiger partial charge in [-0.3, -0.25) is 4.79 Å². The maximum Gasteiger partial charge on any atom is 0.344 e. The molecule has 9 heteroatoms. The highest BCUT2D eigenvalue weighted by molar-refractivity contribution is 7.90. The van der Waals surface area contributed by atoms with Crippen LogP contribution in [-0.2, 0) is 16.9 Å². The van der Waals surface area contributed by atoms with E-state index in [1.165, 1.54) is 16.9 Å². The molecule has 0 atom stereocenters. The van der Waals surface area contributed by atoms with Gasteiger partial charge in [0.25, 0.3) is 0 Å². The number of ketones is 1. The summed E-state index contributed by atoms with van der Waals surface area (Å²) in [5.41, 5.74) is 2.14. The molecule has 31 heavy (non-hydrogen) atoms. The zero-order valence-corrected chi connectivity index (χ0v) is 19.3. The fourth-order valence-corrected chi connectivity index (χ4v) is 4.96. The number of benzene rings is 2. The lowest BCUT2D eigenvalue weighted by atomic mass is 10.0. The number of hydrogen-bond donors (Lipinski definition) is 0. The van der Waals surface area contributed by atoms with E-state index in [2.05, 4.69) is 5.10 Å². The first kappa shape index (κ1) is 22.7. The number of sulfone groups is 1. The lowest BCUT2D eigenvalue weighted by Gasteiger charge is -2.14. The standard InChI is InChI=1S/C22H21ClN2O5S/c1-12-6-8-15(9-7-12)22(27)30-21-17(11-24-25(21)4)19(26)16-10-13(2)20(31(5,28)29)14(3)18(16)23/h6-11H,1-5H3. The number of halogens is 1. The number of hydrogen-bond acceptors (Lipinski definition) is 6. The molecule has 3 rings (SSSR count). The van der Waals surface area contributed by atoms with E-state index in [-0.39, 0.29) is 32.5 Å². The van der Waals surface area contributed by atoms with Gasteiger partial charge in [-0.25, -0.2) is 17.9 Å². The zero-order chi connectivity index (χ0) is 23.1. The van der Waals surface area contributed by atoms with Crippen molar-refractivity contribution in [3.05, 3.63) is 74.9 Å². The largest absolute Gasteiger partial charge is 0.403 e. The van der Waals surface area contributed by atoms with E-state index in [0.717, 1.165) is 11.8 Å². The van der Waals surface area contributed by atoms with Crippen molar-refractivity contribution in [3.8, 4) is 5.88 Å². The second-order valence-electron chi connectivity index (χ2n) is 7.35. The third-order valence-corrected chi connectivity index (χ3v) is 6.70. The van der Waals surface area contributed by atoms with E-state index < -0.39 is 21.6 Å². The van der Waals surface area contributed by atoms with Crippen molar-refractivity contribution in [1.82, 2.24) is 9.78 Å². The van der Waals surface area contributed by atoms with E-state index in [4.69, 9.17) is 16.3 Å². The van der Waals surface area contributed by atoms with Gasteiger partial charge in [0.05, 0.1) is 21.7 Å². The van der Waals surface area contributed by atoms with Crippen molar-refractivity contribution in [2.45, 2.75) is 25.7 Å². The van der Waals surface area contributed by atoms with E-state index >= 15 is 0 Å². The summed E-state index contributed by atoms with van der Waals surface area (Å²) < 4.78 is 30.9. The quantitative estimate of drug-likeness (QED) is 0.424. The van der Waals surface area contributed by atoms with Crippen LogP contribution in [0.5, 0.6) is 5.88 Å². The Bertz CT molecular complexity index is 1310. The molecule has 0 saturated heterocycles. The van der Waals surface area contributed by atoms with Crippen LogP contribution in [0.2, 0.25) is 5.02 Å².